The second-order valence-corrected chi connectivity index (χ2v) is 7.67. The molecule has 23 heavy (non-hydrogen) atoms. The molecule has 0 spiro atoms. The quantitative estimate of drug-likeness (QED) is 0.735. The van der Waals surface area contributed by atoms with Gasteiger partial charge in [0.25, 0.3) is 0 Å². The van der Waals surface area contributed by atoms with E-state index in [1.165, 1.54) is 27.9 Å². The molecule has 0 amide bonds. The predicted octanol–water partition coefficient (Wildman–Crippen LogP) is 4.95. The third-order valence-corrected chi connectivity index (χ3v) is 5.74. The van der Waals surface area contributed by atoms with Crippen LogP contribution in [0.5, 0.6) is 0 Å². The van der Waals surface area contributed by atoms with Crippen molar-refractivity contribution in [1.82, 2.24) is 4.90 Å². The molecule has 0 saturated heterocycles. The molecule has 118 valence electrons. The number of anilines is 1. The lowest BCUT2D eigenvalue weighted by Crippen LogP contribution is -2.46. The minimum absolute atomic E-state index is 0.0379. The second-order valence-electron chi connectivity index (χ2n) is 7.67. The van der Waals surface area contributed by atoms with Crippen LogP contribution >= 0.6 is 0 Å². The molecule has 0 radical (unpaired) electrons. The van der Waals surface area contributed by atoms with Crippen LogP contribution in [-0.4, -0.2) is 17.6 Å². The Labute approximate surface area is 139 Å². The number of fused-ring (bicyclic) bond motifs is 3. The fraction of sp³-hybridized carbons (Fsp3) is 0.333. The maximum Gasteiger partial charge on any atom is 0.110 e. The molecule has 0 bridgehead atoms. The van der Waals surface area contributed by atoms with E-state index < -0.39 is 0 Å². The van der Waals surface area contributed by atoms with Gasteiger partial charge in [0.15, 0.2) is 0 Å². The average molecular weight is 304 g/mol. The Morgan fingerprint density at radius 1 is 0.783 bits per heavy atom. The molecule has 4 rings (SSSR count). The third kappa shape index (κ3) is 1.81. The Kier molecular flexibility index (Phi) is 2.76. The highest BCUT2D eigenvalue weighted by molar-refractivity contribution is 5.82. The lowest BCUT2D eigenvalue weighted by Gasteiger charge is -2.38. The molecule has 1 aliphatic carbocycles. The molecule has 0 atom stereocenters. The average Bonchev–Trinajstić information content (AvgIpc) is 2.92. The van der Waals surface area contributed by atoms with Crippen LogP contribution in [0.3, 0.4) is 0 Å². The highest BCUT2D eigenvalue weighted by Crippen LogP contribution is 2.50. The highest BCUT2D eigenvalue weighted by atomic mass is 15.4. The predicted molar refractivity (Wildman–Crippen MR) is 97.5 cm³/mol. The Balaban J connectivity index is 1.86. The molecule has 2 aromatic carbocycles. The van der Waals surface area contributed by atoms with Crippen molar-refractivity contribution in [3.05, 3.63) is 66.0 Å². The normalized spacial score (nSPS) is 19.9. The number of nitrogens with zero attached hydrogens (tertiary/aromatic N) is 2. The smallest absolute Gasteiger partial charge is 0.110 e. The molecule has 2 aromatic rings. The van der Waals surface area contributed by atoms with Gasteiger partial charge in [0.2, 0.25) is 0 Å². The van der Waals surface area contributed by atoms with Crippen LogP contribution < -0.4 is 4.90 Å². The molecule has 0 unspecified atom stereocenters. The van der Waals surface area contributed by atoms with E-state index in [4.69, 9.17) is 0 Å². The summed E-state index contributed by atoms with van der Waals surface area (Å²) in [6.07, 6.45) is 4.32. The molecular weight excluding hydrogens is 280 g/mol. The van der Waals surface area contributed by atoms with Crippen molar-refractivity contribution in [2.24, 2.45) is 0 Å². The van der Waals surface area contributed by atoms with E-state index in [-0.39, 0.29) is 11.1 Å². The van der Waals surface area contributed by atoms with E-state index in [2.05, 4.69) is 99.4 Å². The summed E-state index contributed by atoms with van der Waals surface area (Å²) in [5.41, 5.74) is 6.90. The van der Waals surface area contributed by atoms with Gasteiger partial charge in [0.05, 0.1) is 0 Å². The Bertz CT molecular complexity index is 814. The Hall–Kier alpha value is -2.22. The van der Waals surface area contributed by atoms with Crippen molar-refractivity contribution >= 4 is 5.69 Å². The molecule has 1 heterocycles. The van der Waals surface area contributed by atoms with Gasteiger partial charge in [-0.3, -0.25) is 0 Å². The summed E-state index contributed by atoms with van der Waals surface area (Å²) in [7, 11) is 2.13. The fourth-order valence-corrected chi connectivity index (χ4v) is 3.95. The molecule has 2 nitrogen and oxygen atoms in total. The molecule has 2 aliphatic rings. The summed E-state index contributed by atoms with van der Waals surface area (Å²) in [6, 6.07) is 15.7. The lowest BCUT2D eigenvalue weighted by molar-refractivity contribution is 0.253. The minimum Gasteiger partial charge on any atom is -0.357 e. The first-order valence-corrected chi connectivity index (χ1v) is 8.28. The van der Waals surface area contributed by atoms with Gasteiger partial charge >= 0.3 is 0 Å². The van der Waals surface area contributed by atoms with Gasteiger partial charge in [-0.25, -0.2) is 0 Å². The van der Waals surface area contributed by atoms with Crippen molar-refractivity contribution in [3.8, 4) is 11.1 Å². The summed E-state index contributed by atoms with van der Waals surface area (Å²) in [6.45, 7) is 9.16. The lowest BCUT2D eigenvalue weighted by atomic mass is 9.82. The topological polar surface area (TPSA) is 6.48 Å². The van der Waals surface area contributed by atoms with E-state index in [9.17, 15) is 0 Å². The summed E-state index contributed by atoms with van der Waals surface area (Å²) < 4.78 is 0. The number of rotatable bonds is 1. The number of hydrogen-bond acceptors (Lipinski definition) is 2. The number of benzene rings is 2. The van der Waals surface area contributed by atoms with Crippen molar-refractivity contribution < 1.29 is 0 Å². The maximum absolute atomic E-state index is 2.38. The third-order valence-electron chi connectivity index (χ3n) is 5.74. The van der Waals surface area contributed by atoms with Crippen LogP contribution in [0.4, 0.5) is 5.69 Å². The first-order valence-electron chi connectivity index (χ1n) is 8.28. The van der Waals surface area contributed by atoms with Crippen LogP contribution in [0.25, 0.3) is 11.1 Å². The van der Waals surface area contributed by atoms with Crippen molar-refractivity contribution in [2.45, 2.75) is 38.8 Å². The van der Waals surface area contributed by atoms with Gasteiger partial charge in [0.1, 0.15) is 5.66 Å². The highest BCUT2D eigenvalue weighted by Gasteiger charge is 2.37. The van der Waals surface area contributed by atoms with Crippen LogP contribution in [0.1, 0.15) is 38.8 Å². The van der Waals surface area contributed by atoms with Crippen molar-refractivity contribution in [2.75, 3.05) is 11.9 Å². The van der Waals surface area contributed by atoms with E-state index in [0.29, 0.717) is 0 Å². The van der Waals surface area contributed by atoms with E-state index in [1.54, 1.807) is 0 Å². The van der Waals surface area contributed by atoms with E-state index >= 15 is 0 Å². The molecule has 0 fully saturated rings. The molecule has 1 aliphatic heterocycles. The zero-order valence-corrected chi connectivity index (χ0v) is 14.6. The van der Waals surface area contributed by atoms with E-state index in [0.717, 1.165) is 0 Å². The molecule has 0 N–H and O–H groups in total. The van der Waals surface area contributed by atoms with Gasteiger partial charge in [0, 0.05) is 30.5 Å². The monoisotopic (exact) mass is 304 g/mol. The Morgan fingerprint density at radius 3 is 2.17 bits per heavy atom. The van der Waals surface area contributed by atoms with Crippen LogP contribution in [0, 0.1) is 0 Å². The minimum atomic E-state index is -0.0379. The number of hydrogen-bond donors (Lipinski definition) is 0. The van der Waals surface area contributed by atoms with Crippen molar-refractivity contribution in [3.63, 3.8) is 0 Å². The van der Waals surface area contributed by atoms with Crippen molar-refractivity contribution in [1.29, 1.82) is 0 Å². The van der Waals surface area contributed by atoms with Gasteiger partial charge in [-0.05, 0) is 48.2 Å². The van der Waals surface area contributed by atoms with Crippen LogP contribution in [0.2, 0.25) is 0 Å². The van der Waals surface area contributed by atoms with Crippen LogP contribution in [0.15, 0.2) is 54.9 Å². The Morgan fingerprint density at radius 2 is 1.48 bits per heavy atom. The summed E-state index contributed by atoms with van der Waals surface area (Å²) in [5.74, 6) is 0. The van der Waals surface area contributed by atoms with Gasteiger partial charge < -0.3 is 9.80 Å². The molecule has 0 aromatic heterocycles. The standard InChI is InChI=1S/C21H24N2/c1-20(2)18-9-7-6-8-16(18)17-11-10-15(14-19(17)20)23-13-12-22(5)21(23,3)4/h6-14H,1-5H3. The van der Waals surface area contributed by atoms with Gasteiger partial charge in [-0.1, -0.05) is 44.2 Å². The molecular formula is C21H24N2. The largest absolute Gasteiger partial charge is 0.357 e. The fourth-order valence-electron chi connectivity index (χ4n) is 3.95. The maximum atomic E-state index is 2.38. The zero-order valence-electron chi connectivity index (χ0n) is 14.6. The summed E-state index contributed by atoms with van der Waals surface area (Å²) in [4.78, 5) is 4.60. The first kappa shape index (κ1) is 14.4. The SMILES string of the molecule is CN1C=CN(c2ccc3c(c2)C(C)(C)c2ccccc2-3)C1(C)C. The molecule has 2 heteroatoms. The molecule has 0 saturated carbocycles. The second kappa shape index (κ2) is 4.41. The van der Waals surface area contributed by atoms with Crippen LogP contribution in [-0.2, 0) is 5.41 Å². The van der Waals surface area contributed by atoms with Gasteiger partial charge in [-0.15, -0.1) is 0 Å². The van der Waals surface area contributed by atoms with E-state index in [1.807, 2.05) is 0 Å². The van der Waals surface area contributed by atoms with Gasteiger partial charge in [-0.2, -0.15) is 0 Å². The first-order chi connectivity index (χ1) is 10.8. The summed E-state index contributed by atoms with van der Waals surface area (Å²) in [5, 5.41) is 0. The zero-order chi connectivity index (χ0) is 16.4. The summed E-state index contributed by atoms with van der Waals surface area (Å²) >= 11 is 0.